The summed E-state index contributed by atoms with van der Waals surface area (Å²) in [5, 5.41) is 6.45. The third-order valence-electron chi connectivity index (χ3n) is 4.94. The molecule has 0 aromatic heterocycles. The Morgan fingerprint density at radius 1 is 1.32 bits per heavy atom. The van der Waals surface area contributed by atoms with E-state index < -0.39 is 0 Å². The Balaban J connectivity index is 1.71. The van der Waals surface area contributed by atoms with Crippen LogP contribution in [0.15, 0.2) is 28.7 Å². The molecule has 1 aromatic carbocycles. The predicted molar refractivity (Wildman–Crippen MR) is 89.9 cm³/mol. The monoisotopic (exact) mass is 366 g/mol. The smallest absolute Gasteiger partial charge is 0.224 e. The van der Waals surface area contributed by atoms with Gasteiger partial charge in [-0.1, -0.05) is 28.1 Å². The van der Waals surface area contributed by atoms with Crippen molar-refractivity contribution in [3.63, 3.8) is 0 Å². The minimum absolute atomic E-state index is 0.000638. The van der Waals surface area contributed by atoms with Crippen LogP contribution in [0, 0.1) is 5.92 Å². The lowest BCUT2D eigenvalue weighted by molar-refractivity contribution is -0.124. The molecule has 3 rings (SSSR count). The van der Waals surface area contributed by atoms with Gasteiger partial charge in [0.15, 0.2) is 0 Å². The number of amides is 1. The van der Waals surface area contributed by atoms with Gasteiger partial charge in [-0.15, -0.1) is 0 Å². The zero-order chi connectivity index (χ0) is 15.4. The van der Waals surface area contributed by atoms with Crippen molar-refractivity contribution in [2.75, 3.05) is 32.8 Å². The van der Waals surface area contributed by atoms with Crippen LogP contribution in [-0.4, -0.2) is 38.8 Å². The zero-order valence-corrected chi connectivity index (χ0v) is 14.3. The van der Waals surface area contributed by atoms with Crippen molar-refractivity contribution in [3.8, 4) is 0 Å². The fourth-order valence-electron chi connectivity index (χ4n) is 3.41. The lowest BCUT2D eigenvalue weighted by atomic mass is 9.74. The van der Waals surface area contributed by atoms with Crippen LogP contribution < -0.4 is 10.6 Å². The maximum Gasteiger partial charge on any atom is 0.224 e. The molecule has 5 heteroatoms. The number of carbonyl (C=O) groups is 1. The second-order valence-electron chi connectivity index (χ2n) is 6.31. The van der Waals surface area contributed by atoms with Crippen LogP contribution in [0.25, 0.3) is 0 Å². The van der Waals surface area contributed by atoms with Crippen LogP contribution >= 0.6 is 15.9 Å². The second kappa shape index (κ2) is 7.11. The van der Waals surface area contributed by atoms with E-state index in [0.29, 0.717) is 6.54 Å². The molecule has 22 heavy (non-hydrogen) atoms. The van der Waals surface area contributed by atoms with Gasteiger partial charge in [-0.2, -0.15) is 0 Å². The van der Waals surface area contributed by atoms with Gasteiger partial charge in [-0.05, 0) is 43.5 Å². The maximum atomic E-state index is 12.3. The largest absolute Gasteiger partial charge is 0.381 e. The quantitative estimate of drug-likeness (QED) is 0.858. The number of hydrogen-bond donors (Lipinski definition) is 2. The topological polar surface area (TPSA) is 50.4 Å². The highest BCUT2D eigenvalue weighted by Crippen LogP contribution is 2.35. The van der Waals surface area contributed by atoms with Gasteiger partial charge in [0.1, 0.15) is 0 Å². The highest BCUT2D eigenvalue weighted by atomic mass is 79.9. The predicted octanol–water partition coefficient (Wildman–Crippen LogP) is 2.22. The summed E-state index contributed by atoms with van der Waals surface area (Å²) in [4.78, 5) is 12.3. The number of benzene rings is 1. The Kier molecular flexibility index (Phi) is 5.16. The highest BCUT2D eigenvalue weighted by molar-refractivity contribution is 9.10. The first-order chi connectivity index (χ1) is 10.7. The van der Waals surface area contributed by atoms with E-state index in [1.165, 1.54) is 5.56 Å². The molecule has 120 valence electrons. The van der Waals surface area contributed by atoms with Crippen LogP contribution in [-0.2, 0) is 14.9 Å². The van der Waals surface area contributed by atoms with Gasteiger partial charge >= 0.3 is 0 Å². The number of halogens is 1. The van der Waals surface area contributed by atoms with Crippen molar-refractivity contribution < 1.29 is 9.53 Å². The van der Waals surface area contributed by atoms with E-state index in [1.54, 1.807) is 0 Å². The third-order valence-corrected chi connectivity index (χ3v) is 5.47. The molecule has 4 nitrogen and oxygen atoms in total. The van der Waals surface area contributed by atoms with Crippen molar-refractivity contribution in [2.24, 2.45) is 5.92 Å². The molecular weight excluding hydrogens is 344 g/mol. The van der Waals surface area contributed by atoms with Crippen molar-refractivity contribution in [3.05, 3.63) is 34.3 Å². The lowest BCUT2D eigenvalue weighted by Gasteiger charge is -2.38. The van der Waals surface area contributed by atoms with Gasteiger partial charge in [-0.3, -0.25) is 4.79 Å². The molecule has 1 amide bonds. The molecule has 1 aromatic rings. The van der Waals surface area contributed by atoms with Crippen LogP contribution in [0.4, 0.5) is 0 Å². The van der Waals surface area contributed by atoms with Crippen molar-refractivity contribution in [1.82, 2.24) is 10.6 Å². The molecule has 2 N–H and O–H groups in total. The van der Waals surface area contributed by atoms with E-state index in [1.807, 2.05) is 0 Å². The highest BCUT2D eigenvalue weighted by Gasteiger charge is 2.35. The standard InChI is InChI=1S/C17H23BrN2O2/c18-15-3-1-14(2-4-15)17(6-9-22-10-7-17)12-20-16(21)13-5-8-19-11-13/h1-4,13,19H,5-12H2,(H,20,21). The lowest BCUT2D eigenvalue weighted by Crippen LogP contribution is -2.46. The average molecular weight is 367 g/mol. The average Bonchev–Trinajstić information content (AvgIpc) is 3.09. The summed E-state index contributed by atoms with van der Waals surface area (Å²) in [6.07, 6.45) is 2.86. The Bertz CT molecular complexity index is 506. The molecule has 1 atom stereocenters. The van der Waals surface area contributed by atoms with Crippen LogP contribution in [0.5, 0.6) is 0 Å². The summed E-state index contributed by atoms with van der Waals surface area (Å²) >= 11 is 3.49. The Hall–Kier alpha value is -0.910. The molecule has 2 saturated heterocycles. The van der Waals surface area contributed by atoms with E-state index in [-0.39, 0.29) is 17.2 Å². The van der Waals surface area contributed by atoms with Crippen LogP contribution in [0.1, 0.15) is 24.8 Å². The van der Waals surface area contributed by atoms with Crippen molar-refractivity contribution in [2.45, 2.75) is 24.7 Å². The molecule has 0 radical (unpaired) electrons. The van der Waals surface area contributed by atoms with Gasteiger partial charge < -0.3 is 15.4 Å². The van der Waals surface area contributed by atoms with E-state index in [2.05, 4.69) is 50.8 Å². The second-order valence-corrected chi connectivity index (χ2v) is 7.22. The summed E-state index contributed by atoms with van der Waals surface area (Å²) in [5.74, 6) is 0.315. The van der Waals surface area contributed by atoms with Crippen LogP contribution in [0.3, 0.4) is 0 Å². The molecule has 2 aliphatic heterocycles. The van der Waals surface area contributed by atoms with Gasteiger partial charge in [0.05, 0.1) is 5.92 Å². The molecular formula is C17H23BrN2O2. The molecule has 2 aliphatic rings. The number of rotatable bonds is 4. The first-order valence-corrected chi connectivity index (χ1v) is 8.81. The van der Waals surface area contributed by atoms with Crippen LogP contribution in [0.2, 0.25) is 0 Å². The van der Waals surface area contributed by atoms with Gasteiger partial charge in [0, 0.05) is 36.2 Å². The van der Waals surface area contributed by atoms with Gasteiger partial charge in [0.25, 0.3) is 0 Å². The Morgan fingerprint density at radius 3 is 2.68 bits per heavy atom. The third kappa shape index (κ3) is 3.53. The Morgan fingerprint density at radius 2 is 2.05 bits per heavy atom. The molecule has 2 fully saturated rings. The Labute approximate surface area is 140 Å². The van der Waals surface area contributed by atoms with E-state index >= 15 is 0 Å². The molecule has 2 heterocycles. The number of ether oxygens (including phenoxy) is 1. The van der Waals surface area contributed by atoms with Crippen molar-refractivity contribution in [1.29, 1.82) is 0 Å². The summed E-state index contributed by atoms with van der Waals surface area (Å²) in [5.41, 5.74) is 1.30. The van der Waals surface area contributed by atoms with E-state index in [0.717, 1.165) is 50.0 Å². The van der Waals surface area contributed by atoms with Crippen molar-refractivity contribution >= 4 is 21.8 Å². The number of nitrogens with one attached hydrogen (secondary N) is 2. The van der Waals surface area contributed by atoms with E-state index in [9.17, 15) is 4.79 Å². The SMILES string of the molecule is O=C(NCC1(c2ccc(Br)cc2)CCOCC1)C1CCNC1. The normalized spacial score (nSPS) is 24.1. The number of carbonyl (C=O) groups excluding carboxylic acids is 1. The molecule has 0 bridgehead atoms. The molecule has 1 unspecified atom stereocenters. The summed E-state index contributed by atoms with van der Waals surface area (Å²) in [6.45, 7) is 3.98. The molecule has 0 saturated carbocycles. The fraction of sp³-hybridized carbons (Fsp3) is 0.588. The summed E-state index contributed by atoms with van der Waals surface area (Å²) in [6, 6.07) is 8.49. The molecule has 0 spiro atoms. The summed E-state index contributed by atoms with van der Waals surface area (Å²) < 4.78 is 6.63. The maximum absolute atomic E-state index is 12.3. The first kappa shape index (κ1) is 16.0. The minimum atomic E-state index is 0.000638. The molecule has 0 aliphatic carbocycles. The number of hydrogen-bond acceptors (Lipinski definition) is 3. The van der Waals surface area contributed by atoms with E-state index in [4.69, 9.17) is 4.74 Å². The first-order valence-electron chi connectivity index (χ1n) is 8.02. The van der Waals surface area contributed by atoms with Gasteiger partial charge in [-0.25, -0.2) is 0 Å². The zero-order valence-electron chi connectivity index (χ0n) is 12.7. The van der Waals surface area contributed by atoms with Gasteiger partial charge in [0.2, 0.25) is 5.91 Å². The minimum Gasteiger partial charge on any atom is -0.381 e. The fourth-order valence-corrected chi connectivity index (χ4v) is 3.68. The summed E-state index contributed by atoms with van der Waals surface area (Å²) in [7, 11) is 0.